The second-order valence-electron chi connectivity index (χ2n) is 7.68. The monoisotopic (exact) mass is 447 g/mol. The SMILES string of the molecule is CCN1C(=O)c2c(OC)c(=O)c(C(=O)NCc3ccc(F)c(F)c3)cn2[C@H]2CCOC[C@H]21. The highest BCUT2D eigenvalue weighted by molar-refractivity contribution is 5.99. The molecular weight excluding hydrogens is 424 g/mol. The van der Waals surface area contributed by atoms with Gasteiger partial charge in [0.1, 0.15) is 5.56 Å². The maximum Gasteiger partial charge on any atom is 0.274 e. The number of halogens is 2. The molecule has 170 valence electrons. The average Bonchev–Trinajstić information content (AvgIpc) is 2.79. The summed E-state index contributed by atoms with van der Waals surface area (Å²) in [5, 5.41) is 2.55. The largest absolute Gasteiger partial charge is 0.491 e. The zero-order chi connectivity index (χ0) is 23.0. The molecule has 32 heavy (non-hydrogen) atoms. The fourth-order valence-electron chi connectivity index (χ4n) is 4.36. The van der Waals surface area contributed by atoms with Crippen molar-refractivity contribution >= 4 is 11.8 Å². The third-order valence-electron chi connectivity index (χ3n) is 5.93. The number of nitrogens with one attached hydrogen (secondary N) is 1. The number of benzene rings is 1. The molecule has 0 bridgehead atoms. The van der Waals surface area contributed by atoms with Gasteiger partial charge in [0.15, 0.2) is 23.1 Å². The average molecular weight is 447 g/mol. The zero-order valence-electron chi connectivity index (χ0n) is 17.7. The summed E-state index contributed by atoms with van der Waals surface area (Å²) >= 11 is 0. The van der Waals surface area contributed by atoms with E-state index in [1.807, 2.05) is 6.92 Å². The van der Waals surface area contributed by atoms with Gasteiger partial charge in [0, 0.05) is 25.9 Å². The highest BCUT2D eigenvalue weighted by Gasteiger charge is 2.43. The molecule has 0 spiro atoms. The molecule has 2 aliphatic heterocycles. The summed E-state index contributed by atoms with van der Waals surface area (Å²) in [5.41, 5.74) is -0.465. The van der Waals surface area contributed by atoms with Gasteiger partial charge < -0.3 is 24.3 Å². The van der Waals surface area contributed by atoms with E-state index in [0.29, 0.717) is 31.7 Å². The van der Waals surface area contributed by atoms with Crippen LogP contribution in [-0.2, 0) is 11.3 Å². The summed E-state index contributed by atoms with van der Waals surface area (Å²) in [4.78, 5) is 40.7. The van der Waals surface area contributed by atoms with Gasteiger partial charge in [-0.15, -0.1) is 0 Å². The number of rotatable bonds is 5. The lowest BCUT2D eigenvalue weighted by atomic mass is 9.96. The summed E-state index contributed by atoms with van der Waals surface area (Å²) in [6.07, 6.45) is 1.98. The maximum absolute atomic E-state index is 13.4. The van der Waals surface area contributed by atoms with Gasteiger partial charge in [0.25, 0.3) is 11.8 Å². The van der Waals surface area contributed by atoms with Crippen LogP contribution in [0.4, 0.5) is 8.78 Å². The number of aromatic nitrogens is 1. The highest BCUT2D eigenvalue weighted by Crippen LogP contribution is 2.35. The molecule has 10 heteroatoms. The van der Waals surface area contributed by atoms with Crippen LogP contribution in [0.1, 0.15) is 45.8 Å². The van der Waals surface area contributed by atoms with Crippen molar-refractivity contribution in [2.24, 2.45) is 0 Å². The van der Waals surface area contributed by atoms with Crippen LogP contribution in [0.3, 0.4) is 0 Å². The number of fused-ring (bicyclic) bond motifs is 3. The standard InChI is InChI=1S/C22H23F2N3O5/c1-3-26-17-11-32-7-6-16(17)27-10-13(19(28)20(31-2)18(27)22(26)30)21(29)25-9-12-4-5-14(23)15(24)8-12/h4-5,8,10,16-17H,3,6-7,9,11H2,1-2H3,(H,25,29)/t16-,17+/m0/s1. The molecular formula is C22H23F2N3O5. The second kappa shape index (κ2) is 8.70. The number of likely N-dealkylation sites (N-methyl/N-ethyl adjacent to an activating group) is 1. The minimum absolute atomic E-state index is 0.109. The highest BCUT2D eigenvalue weighted by atomic mass is 19.2. The Hall–Kier alpha value is -3.27. The van der Waals surface area contributed by atoms with Crippen molar-refractivity contribution in [3.05, 3.63) is 63.1 Å². The molecule has 3 heterocycles. The Balaban J connectivity index is 1.71. The van der Waals surface area contributed by atoms with Gasteiger partial charge in [-0.2, -0.15) is 0 Å². The van der Waals surface area contributed by atoms with E-state index in [1.54, 1.807) is 9.47 Å². The van der Waals surface area contributed by atoms with Crippen molar-refractivity contribution in [1.82, 2.24) is 14.8 Å². The fourth-order valence-corrected chi connectivity index (χ4v) is 4.36. The molecule has 2 aromatic rings. The number of nitrogens with zero attached hydrogens (tertiary/aromatic N) is 2. The number of carbonyl (C=O) groups is 2. The molecule has 1 saturated heterocycles. The third kappa shape index (κ3) is 3.64. The van der Waals surface area contributed by atoms with Crippen molar-refractivity contribution in [2.45, 2.75) is 32.0 Å². The number of ether oxygens (including phenoxy) is 2. The molecule has 1 fully saturated rings. The van der Waals surface area contributed by atoms with E-state index in [9.17, 15) is 23.2 Å². The van der Waals surface area contributed by atoms with Crippen LogP contribution in [0.15, 0.2) is 29.2 Å². The summed E-state index contributed by atoms with van der Waals surface area (Å²) in [7, 11) is 1.28. The van der Waals surface area contributed by atoms with Gasteiger partial charge >= 0.3 is 0 Å². The predicted molar refractivity (Wildman–Crippen MR) is 110 cm³/mol. The van der Waals surface area contributed by atoms with Crippen LogP contribution in [0.5, 0.6) is 5.75 Å². The smallest absolute Gasteiger partial charge is 0.274 e. The lowest BCUT2D eigenvalue weighted by Crippen LogP contribution is -2.55. The Morgan fingerprint density at radius 2 is 2.03 bits per heavy atom. The van der Waals surface area contributed by atoms with Gasteiger partial charge in [-0.1, -0.05) is 6.07 Å². The number of hydrogen-bond acceptors (Lipinski definition) is 5. The Bertz CT molecular complexity index is 1130. The lowest BCUT2D eigenvalue weighted by Gasteiger charge is -2.45. The van der Waals surface area contributed by atoms with E-state index >= 15 is 0 Å². The minimum Gasteiger partial charge on any atom is -0.491 e. The molecule has 4 rings (SSSR count). The molecule has 1 aromatic carbocycles. The Morgan fingerprint density at radius 3 is 2.72 bits per heavy atom. The summed E-state index contributed by atoms with van der Waals surface area (Å²) in [6, 6.07) is 2.87. The number of methoxy groups -OCH3 is 1. The van der Waals surface area contributed by atoms with Gasteiger partial charge in [0.05, 0.1) is 25.8 Å². The first-order valence-electron chi connectivity index (χ1n) is 10.3. The van der Waals surface area contributed by atoms with Gasteiger partial charge in [-0.3, -0.25) is 14.4 Å². The molecule has 0 aliphatic carbocycles. The number of hydrogen-bond donors (Lipinski definition) is 1. The molecule has 1 aromatic heterocycles. The molecule has 2 aliphatic rings. The number of amides is 2. The van der Waals surface area contributed by atoms with Gasteiger partial charge in [-0.05, 0) is 31.0 Å². The first-order chi connectivity index (χ1) is 15.4. The molecule has 2 amide bonds. The van der Waals surface area contributed by atoms with Crippen LogP contribution in [0.2, 0.25) is 0 Å². The predicted octanol–water partition coefficient (Wildman–Crippen LogP) is 1.87. The Morgan fingerprint density at radius 1 is 1.25 bits per heavy atom. The maximum atomic E-state index is 13.4. The Labute approximate surface area is 182 Å². The Kier molecular flexibility index (Phi) is 5.96. The second-order valence-corrected chi connectivity index (χ2v) is 7.68. The molecule has 0 saturated carbocycles. The van der Waals surface area contributed by atoms with E-state index in [0.717, 1.165) is 12.1 Å². The molecule has 1 N–H and O–H groups in total. The topological polar surface area (TPSA) is 89.9 Å². The first kappa shape index (κ1) is 21.9. The molecule has 0 radical (unpaired) electrons. The van der Waals surface area contributed by atoms with Crippen molar-refractivity contribution in [3.63, 3.8) is 0 Å². The van der Waals surface area contributed by atoms with Crippen molar-refractivity contribution in [3.8, 4) is 5.75 Å². The number of carbonyl (C=O) groups excluding carboxylic acids is 2. The lowest BCUT2D eigenvalue weighted by molar-refractivity contribution is -0.0176. The summed E-state index contributed by atoms with van der Waals surface area (Å²) in [5.74, 6) is -3.28. The van der Waals surface area contributed by atoms with E-state index in [2.05, 4.69) is 5.32 Å². The van der Waals surface area contributed by atoms with E-state index in [4.69, 9.17) is 9.47 Å². The van der Waals surface area contributed by atoms with Crippen molar-refractivity contribution in [2.75, 3.05) is 26.9 Å². The van der Waals surface area contributed by atoms with Crippen molar-refractivity contribution in [1.29, 1.82) is 0 Å². The van der Waals surface area contributed by atoms with Crippen LogP contribution >= 0.6 is 0 Å². The third-order valence-corrected chi connectivity index (χ3v) is 5.93. The summed E-state index contributed by atoms with van der Waals surface area (Å²) in [6.45, 7) is 3.03. The quantitative estimate of drug-likeness (QED) is 0.756. The van der Waals surface area contributed by atoms with Crippen LogP contribution in [-0.4, -0.2) is 54.2 Å². The zero-order valence-corrected chi connectivity index (χ0v) is 17.7. The molecule has 0 unspecified atom stereocenters. The molecule has 2 atom stereocenters. The normalized spacial score (nSPS) is 19.9. The summed E-state index contributed by atoms with van der Waals surface area (Å²) < 4.78 is 39.0. The van der Waals surface area contributed by atoms with Crippen molar-refractivity contribution < 1.29 is 27.8 Å². The van der Waals surface area contributed by atoms with Crippen LogP contribution in [0, 0.1) is 11.6 Å². The van der Waals surface area contributed by atoms with Crippen LogP contribution < -0.4 is 15.5 Å². The van der Waals surface area contributed by atoms with E-state index < -0.39 is 23.0 Å². The van der Waals surface area contributed by atoms with E-state index in [1.165, 1.54) is 19.4 Å². The van der Waals surface area contributed by atoms with E-state index in [-0.39, 0.29) is 41.5 Å². The molecule has 8 nitrogen and oxygen atoms in total. The first-order valence-corrected chi connectivity index (χ1v) is 10.3. The number of pyridine rings is 1. The fraction of sp³-hybridized carbons (Fsp3) is 0.409. The minimum atomic E-state index is -1.03. The van der Waals surface area contributed by atoms with Gasteiger partial charge in [-0.25, -0.2) is 8.78 Å². The van der Waals surface area contributed by atoms with Gasteiger partial charge in [0.2, 0.25) is 5.43 Å². The van der Waals surface area contributed by atoms with Crippen LogP contribution in [0.25, 0.3) is 0 Å².